The lowest BCUT2D eigenvalue weighted by molar-refractivity contribution is 0.0996. The lowest BCUT2D eigenvalue weighted by atomic mass is 10.2. The van der Waals surface area contributed by atoms with E-state index in [1.54, 1.807) is 0 Å². The van der Waals surface area contributed by atoms with Gasteiger partial charge in [-0.15, -0.1) is 22.7 Å². The first-order valence-corrected chi connectivity index (χ1v) is 23.7. The molecule has 0 aliphatic rings. The first-order valence-electron chi connectivity index (χ1n) is 13.6. The van der Waals surface area contributed by atoms with Gasteiger partial charge < -0.3 is 9.47 Å². The van der Waals surface area contributed by atoms with E-state index in [1.165, 1.54) is 19.4 Å². The van der Waals surface area contributed by atoms with Crippen molar-refractivity contribution < 1.29 is 9.47 Å². The molecule has 4 rings (SSSR count). The van der Waals surface area contributed by atoms with Gasteiger partial charge in [0.15, 0.2) is 0 Å². The Kier molecular flexibility index (Phi) is 11.8. The third kappa shape index (κ3) is 7.51. The van der Waals surface area contributed by atoms with Crippen LogP contribution < -0.4 is 0 Å². The van der Waals surface area contributed by atoms with Crippen molar-refractivity contribution in [1.29, 1.82) is 0 Å². The minimum atomic E-state index is -1.05. The maximum Gasteiger partial charge on any atom is 0.100 e. The molecule has 0 aliphatic heterocycles. The summed E-state index contributed by atoms with van der Waals surface area (Å²) >= 11 is 3.68. The molecule has 38 heavy (non-hydrogen) atoms. The molecule has 0 aliphatic carbocycles. The normalized spacial score (nSPS) is 15.5. The van der Waals surface area contributed by atoms with Gasteiger partial charge in [-0.25, -0.2) is 9.97 Å². The summed E-state index contributed by atoms with van der Waals surface area (Å²) in [5, 5.41) is 2.45. The first kappa shape index (κ1) is 30.2. The number of ether oxygens (including phenoxy) is 2. The van der Waals surface area contributed by atoms with Crippen molar-refractivity contribution >= 4 is 82.3 Å². The molecular formula is C28H40N2O2S4Si2. The number of hydrogen-bond acceptors (Lipinski definition) is 8. The second kappa shape index (κ2) is 14.8. The molecule has 0 saturated carbocycles. The third-order valence-electron chi connectivity index (χ3n) is 6.66. The van der Waals surface area contributed by atoms with E-state index in [9.17, 15) is 0 Å². The zero-order chi connectivity index (χ0) is 27.1. The van der Waals surface area contributed by atoms with Gasteiger partial charge in [-0.3, -0.25) is 0 Å². The lowest BCUT2D eigenvalue weighted by Gasteiger charge is -2.29. The van der Waals surface area contributed by atoms with Gasteiger partial charge in [-0.1, -0.05) is 72.0 Å². The summed E-state index contributed by atoms with van der Waals surface area (Å²) in [6.45, 7) is 15.4. The van der Waals surface area contributed by atoms with Crippen LogP contribution in [0.15, 0.2) is 48.5 Å². The van der Waals surface area contributed by atoms with E-state index >= 15 is 0 Å². The van der Waals surface area contributed by atoms with Gasteiger partial charge in [-0.05, 0) is 38.1 Å². The quantitative estimate of drug-likeness (QED) is 0.0762. The van der Waals surface area contributed by atoms with Gasteiger partial charge in [0.05, 0.1) is 49.5 Å². The number of thiazole rings is 2. The Bertz CT molecular complexity index is 1120. The minimum Gasteiger partial charge on any atom is -0.382 e. The fraction of sp³-hybridized carbons (Fsp3) is 0.500. The van der Waals surface area contributed by atoms with Crippen molar-refractivity contribution in [3.05, 3.63) is 58.5 Å². The van der Waals surface area contributed by atoms with Crippen LogP contribution >= 0.6 is 44.3 Å². The van der Waals surface area contributed by atoms with Crippen LogP contribution in [0.25, 0.3) is 20.4 Å². The highest BCUT2D eigenvalue weighted by Crippen LogP contribution is 2.40. The molecule has 0 fully saturated rings. The van der Waals surface area contributed by atoms with E-state index in [2.05, 4.69) is 88.6 Å². The molecule has 10 heteroatoms. The SMILES string of the molecule is CCOC(C(CSSCC(c1nc2ccccc2s1)C(OCC)[SiH](C)C)c1nc2ccccc2s1)[SiH](C)C. The molecular weight excluding hydrogens is 581 g/mol. The molecule has 0 radical (unpaired) electrons. The molecule has 0 N–H and O–H groups in total. The van der Waals surface area contributed by atoms with Crippen LogP contribution in [-0.4, -0.2) is 63.7 Å². The van der Waals surface area contributed by atoms with Crippen LogP contribution in [0.4, 0.5) is 0 Å². The van der Waals surface area contributed by atoms with E-state index < -0.39 is 17.6 Å². The Morgan fingerprint density at radius 3 is 1.42 bits per heavy atom. The number of nitrogens with zero attached hydrogens (tertiary/aromatic N) is 2. The van der Waals surface area contributed by atoms with Gasteiger partial charge in [0, 0.05) is 36.6 Å². The predicted molar refractivity (Wildman–Crippen MR) is 178 cm³/mol. The van der Waals surface area contributed by atoms with Crippen LogP contribution in [0.2, 0.25) is 26.2 Å². The summed E-state index contributed by atoms with van der Waals surface area (Å²) < 4.78 is 15.3. The summed E-state index contributed by atoms with van der Waals surface area (Å²) in [5.74, 6) is 2.65. The zero-order valence-electron chi connectivity index (χ0n) is 23.3. The van der Waals surface area contributed by atoms with E-state index in [0.717, 1.165) is 35.8 Å². The highest BCUT2D eigenvalue weighted by Gasteiger charge is 2.32. The molecule has 4 atom stereocenters. The van der Waals surface area contributed by atoms with Crippen LogP contribution in [0.1, 0.15) is 35.7 Å². The number of para-hydroxylation sites is 2. The van der Waals surface area contributed by atoms with Gasteiger partial charge in [-0.2, -0.15) is 0 Å². The summed E-state index contributed by atoms with van der Waals surface area (Å²) in [6.07, 6.45) is 0. The smallest absolute Gasteiger partial charge is 0.100 e. The largest absolute Gasteiger partial charge is 0.382 e. The molecule has 0 saturated heterocycles. The van der Waals surface area contributed by atoms with E-state index in [1.807, 2.05) is 44.3 Å². The fourth-order valence-corrected chi connectivity index (χ4v) is 14.3. The number of fused-ring (bicyclic) bond motifs is 2. The van der Waals surface area contributed by atoms with E-state index in [-0.39, 0.29) is 11.5 Å². The summed E-state index contributed by atoms with van der Waals surface area (Å²) in [6, 6.07) is 17.0. The highest BCUT2D eigenvalue weighted by atomic mass is 33.1. The van der Waals surface area contributed by atoms with Crippen LogP contribution in [0.3, 0.4) is 0 Å². The highest BCUT2D eigenvalue weighted by molar-refractivity contribution is 8.76. The Hall–Kier alpha value is -0.726. The fourth-order valence-electron chi connectivity index (χ4n) is 4.88. The second-order valence-corrected chi connectivity index (χ2v) is 21.1. The van der Waals surface area contributed by atoms with Crippen molar-refractivity contribution in [2.24, 2.45) is 0 Å². The average Bonchev–Trinajstić information content (AvgIpc) is 3.53. The maximum absolute atomic E-state index is 6.38. The summed E-state index contributed by atoms with van der Waals surface area (Å²) in [4.78, 5) is 10.2. The average molecular weight is 621 g/mol. The molecule has 2 heterocycles. The van der Waals surface area contributed by atoms with Crippen LogP contribution in [-0.2, 0) is 9.47 Å². The van der Waals surface area contributed by atoms with Gasteiger partial charge in [0.1, 0.15) is 10.0 Å². The topological polar surface area (TPSA) is 44.2 Å². The third-order valence-corrected chi connectivity index (χ3v) is 15.4. The molecule has 0 bridgehead atoms. The van der Waals surface area contributed by atoms with E-state index in [0.29, 0.717) is 11.8 Å². The van der Waals surface area contributed by atoms with Crippen molar-refractivity contribution in [2.75, 3.05) is 24.7 Å². The standard InChI is InChI=1S/C28H40N2O2S4Si2/c1-7-31-27(37(3)4)19(25-29-21-13-9-11-15-23(21)35-25)17-33-34-18-20(28(32-8-2)38(5)6)26-30-22-14-10-12-16-24(22)36-26/h9-16,19-20,27-28,37-38H,7-8,17-18H2,1-6H3. The molecule has 2 aromatic heterocycles. The van der Waals surface area contributed by atoms with Gasteiger partial charge in [0.2, 0.25) is 0 Å². The molecule has 2 aromatic carbocycles. The van der Waals surface area contributed by atoms with E-state index in [4.69, 9.17) is 19.4 Å². The second-order valence-electron chi connectivity index (χ2n) is 10.1. The monoisotopic (exact) mass is 620 g/mol. The molecule has 206 valence electrons. The summed E-state index contributed by atoms with van der Waals surface area (Å²) in [7, 11) is 1.85. The van der Waals surface area contributed by atoms with Gasteiger partial charge in [0.25, 0.3) is 0 Å². The van der Waals surface area contributed by atoms with Crippen molar-refractivity contribution in [3.63, 3.8) is 0 Å². The maximum atomic E-state index is 6.38. The minimum absolute atomic E-state index is 0.285. The van der Waals surface area contributed by atoms with Crippen LogP contribution in [0, 0.1) is 0 Å². The number of aromatic nitrogens is 2. The molecule has 0 amide bonds. The Balaban J connectivity index is 1.52. The Morgan fingerprint density at radius 2 is 1.08 bits per heavy atom. The number of rotatable bonds is 15. The first-order chi connectivity index (χ1) is 18.4. The Labute approximate surface area is 247 Å². The summed E-state index contributed by atoms with van der Waals surface area (Å²) in [5.41, 5.74) is 2.78. The molecule has 4 aromatic rings. The van der Waals surface area contributed by atoms with Crippen molar-refractivity contribution in [3.8, 4) is 0 Å². The Morgan fingerprint density at radius 1 is 0.684 bits per heavy atom. The van der Waals surface area contributed by atoms with Crippen molar-refractivity contribution in [2.45, 2.75) is 63.3 Å². The number of benzene rings is 2. The number of hydrogen-bond donors (Lipinski definition) is 0. The molecule has 4 nitrogen and oxygen atoms in total. The van der Waals surface area contributed by atoms with Gasteiger partial charge >= 0.3 is 0 Å². The zero-order valence-corrected chi connectivity index (χ0v) is 28.8. The molecule has 4 unspecified atom stereocenters. The molecule has 0 spiro atoms. The predicted octanol–water partition coefficient (Wildman–Crippen LogP) is 8.02. The van der Waals surface area contributed by atoms with Crippen LogP contribution in [0.5, 0.6) is 0 Å². The lowest BCUT2D eigenvalue weighted by Crippen LogP contribution is -2.36. The van der Waals surface area contributed by atoms with Crippen molar-refractivity contribution in [1.82, 2.24) is 9.97 Å².